The Bertz CT molecular complexity index is 721. The number of methoxy groups -OCH3 is 1. The smallest absolute Gasteiger partial charge is 0.191 e. The number of hydrogen-bond donors (Lipinski definition) is 2. The molecule has 2 N–H and O–H groups in total. The Morgan fingerprint density at radius 1 is 1.14 bits per heavy atom. The molecule has 6 heteroatoms. The maximum absolute atomic E-state index is 5.21. The van der Waals surface area contributed by atoms with E-state index in [1.165, 1.54) is 11.3 Å². The molecule has 0 amide bonds. The van der Waals surface area contributed by atoms with Gasteiger partial charge in [-0.15, -0.1) is 24.0 Å². The van der Waals surface area contributed by atoms with Crippen molar-refractivity contribution in [2.75, 3.05) is 38.2 Å². The van der Waals surface area contributed by atoms with Crippen molar-refractivity contribution in [3.8, 4) is 5.75 Å². The van der Waals surface area contributed by atoms with Crippen LogP contribution in [0.5, 0.6) is 5.75 Å². The highest BCUT2D eigenvalue weighted by Crippen LogP contribution is 2.19. The molecule has 0 aliphatic carbocycles. The molecule has 2 aromatic rings. The van der Waals surface area contributed by atoms with Gasteiger partial charge in [0.1, 0.15) is 5.75 Å². The minimum atomic E-state index is 0. The van der Waals surface area contributed by atoms with Crippen LogP contribution in [0.3, 0.4) is 0 Å². The first-order valence-electron chi connectivity index (χ1n) is 9.76. The number of anilines is 1. The molecule has 1 aliphatic heterocycles. The van der Waals surface area contributed by atoms with Crippen LogP contribution in [0.25, 0.3) is 0 Å². The van der Waals surface area contributed by atoms with Gasteiger partial charge in [0.2, 0.25) is 0 Å². The molecule has 0 saturated carbocycles. The van der Waals surface area contributed by atoms with Gasteiger partial charge < -0.3 is 20.3 Å². The number of aliphatic imine (C=N–C) groups is 1. The molecule has 1 atom stereocenters. The van der Waals surface area contributed by atoms with Crippen LogP contribution >= 0.6 is 24.0 Å². The van der Waals surface area contributed by atoms with Gasteiger partial charge in [-0.2, -0.15) is 0 Å². The van der Waals surface area contributed by atoms with Crippen LogP contribution < -0.4 is 20.3 Å². The van der Waals surface area contributed by atoms with E-state index in [1.54, 1.807) is 7.11 Å². The maximum atomic E-state index is 5.21. The fourth-order valence-electron chi connectivity index (χ4n) is 3.35. The highest BCUT2D eigenvalue weighted by Gasteiger charge is 2.23. The van der Waals surface area contributed by atoms with E-state index in [0.29, 0.717) is 6.04 Å². The van der Waals surface area contributed by atoms with Crippen molar-refractivity contribution >= 4 is 35.6 Å². The highest BCUT2D eigenvalue weighted by atomic mass is 127. The minimum Gasteiger partial charge on any atom is -0.497 e. The molecular formula is C22H31IN4O. The van der Waals surface area contributed by atoms with E-state index in [0.717, 1.165) is 50.7 Å². The summed E-state index contributed by atoms with van der Waals surface area (Å²) >= 11 is 0. The largest absolute Gasteiger partial charge is 0.497 e. The third kappa shape index (κ3) is 6.58. The van der Waals surface area contributed by atoms with Crippen molar-refractivity contribution in [2.45, 2.75) is 25.8 Å². The lowest BCUT2D eigenvalue weighted by Gasteiger charge is -2.20. The molecule has 1 unspecified atom stereocenters. The molecule has 1 aliphatic rings. The monoisotopic (exact) mass is 494 g/mol. The van der Waals surface area contributed by atoms with Crippen molar-refractivity contribution in [2.24, 2.45) is 4.99 Å². The predicted molar refractivity (Wildman–Crippen MR) is 128 cm³/mol. The van der Waals surface area contributed by atoms with Gasteiger partial charge in [0, 0.05) is 37.9 Å². The maximum Gasteiger partial charge on any atom is 0.191 e. The number of para-hydroxylation sites is 1. The van der Waals surface area contributed by atoms with E-state index >= 15 is 0 Å². The van der Waals surface area contributed by atoms with Crippen molar-refractivity contribution in [1.29, 1.82) is 0 Å². The molecule has 3 rings (SSSR count). The quantitative estimate of drug-likeness (QED) is 0.350. The van der Waals surface area contributed by atoms with Gasteiger partial charge >= 0.3 is 0 Å². The molecule has 0 aromatic heterocycles. The summed E-state index contributed by atoms with van der Waals surface area (Å²) in [4.78, 5) is 7.19. The average Bonchev–Trinajstić information content (AvgIpc) is 3.18. The van der Waals surface area contributed by atoms with Gasteiger partial charge in [-0.1, -0.05) is 30.3 Å². The fourth-order valence-corrected chi connectivity index (χ4v) is 3.35. The molecule has 152 valence electrons. The number of halogens is 1. The molecule has 2 aromatic carbocycles. The number of ether oxygens (including phenoxy) is 1. The second kappa shape index (κ2) is 11.8. The Kier molecular flexibility index (Phi) is 9.40. The highest BCUT2D eigenvalue weighted by molar-refractivity contribution is 14.0. The number of benzene rings is 2. The second-order valence-corrected chi connectivity index (χ2v) is 6.77. The SMILES string of the molecule is CCNC(=NCCc1ccc(OC)cc1)NC1CCN(c2ccccc2)C1.I. The van der Waals surface area contributed by atoms with E-state index < -0.39 is 0 Å². The predicted octanol–water partition coefficient (Wildman–Crippen LogP) is 3.69. The number of hydrogen-bond acceptors (Lipinski definition) is 3. The Labute approximate surface area is 185 Å². The van der Waals surface area contributed by atoms with Crippen molar-refractivity contribution in [3.05, 3.63) is 60.2 Å². The lowest BCUT2D eigenvalue weighted by Crippen LogP contribution is -2.44. The lowest BCUT2D eigenvalue weighted by molar-refractivity contribution is 0.414. The van der Waals surface area contributed by atoms with E-state index in [1.807, 2.05) is 12.1 Å². The van der Waals surface area contributed by atoms with Crippen LogP contribution in [0.1, 0.15) is 18.9 Å². The summed E-state index contributed by atoms with van der Waals surface area (Å²) < 4.78 is 5.21. The Hall–Kier alpha value is -1.96. The normalized spacial score (nSPS) is 16.4. The van der Waals surface area contributed by atoms with Crippen molar-refractivity contribution in [3.63, 3.8) is 0 Å². The first-order valence-corrected chi connectivity index (χ1v) is 9.76. The zero-order chi connectivity index (χ0) is 18.9. The summed E-state index contributed by atoms with van der Waals surface area (Å²) in [5.41, 5.74) is 2.56. The standard InChI is InChI=1S/C22H30N4O.HI/c1-3-23-22(24-15-13-18-9-11-21(27-2)12-10-18)25-19-14-16-26(17-19)20-7-5-4-6-8-20;/h4-12,19H,3,13-17H2,1-2H3,(H2,23,24,25);1H. The van der Waals surface area contributed by atoms with Crippen LogP contribution in [0.4, 0.5) is 5.69 Å². The topological polar surface area (TPSA) is 48.9 Å². The summed E-state index contributed by atoms with van der Waals surface area (Å²) in [5, 5.41) is 6.97. The average molecular weight is 494 g/mol. The van der Waals surface area contributed by atoms with Gasteiger partial charge in [-0.25, -0.2) is 0 Å². The van der Waals surface area contributed by atoms with Crippen LogP contribution in [-0.4, -0.2) is 45.3 Å². The summed E-state index contributed by atoms with van der Waals surface area (Å²) in [6.07, 6.45) is 2.04. The number of nitrogens with one attached hydrogen (secondary N) is 2. The molecule has 1 fully saturated rings. The van der Waals surface area contributed by atoms with Crippen LogP contribution in [0.2, 0.25) is 0 Å². The van der Waals surface area contributed by atoms with Gasteiger partial charge in [0.15, 0.2) is 5.96 Å². The minimum absolute atomic E-state index is 0. The molecular weight excluding hydrogens is 463 g/mol. The van der Waals surface area contributed by atoms with E-state index in [2.05, 4.69) is 64.9 Å². The lowest BCUT2D eigenvalue weighted by atomic mass is 10.1. The van der Waals surface area contributed by atoms with Crippen molar-refractivity contribution in [1.82, 2.24) is 10.6 Å². The number of nitrogens with zero attached hydrogens (tertiary/aromatic N) is 2. The van der Waals surface area contributed by atoms with Gasteiger partial charge in [-0.05, 0) is 49.6 Å². The Balaban J connectivity index is 0.00000280. The molecule has 0 radical (unpaired) electrons. The van der Waals surface area contributed by atoms with Crippen molar-refractivity contribution < 1.29 is 4.74 Å². The van der Waals surface area contributed by atoms with Gasteiger partial charge in [0.05, 0.1) is 7.11 Å². The first-order chi connectivity index (χ1) is 13.3. The zero-order valence-electron chi connectivity index (χ0n) is 16.7. The summed E-state index contributed by atoms with van der Waals surface area (Å²) in [5.74, 6) is 1.80. The molecule has 28 heavy (non-hydrogen) atoms. The zero-order valence-corrected chi connectivity index (χ0v) is 19.1. The third-order valence-electron chi connectivity index (χ3n) is 4.82. The van der Waals surface area contributed by atoms with Crippen LogP contribution in [-0.2, 0) is 6.42 Å². The molecule has 5 nitrogen and oxygen atoms in total. The van der Waals surface area contributed by atoms with Gasteiger partial charge in [-0.3, -0.25) is 4.99 Å². The molecule has 1 saturated heterocycles. The third-order valence-corrected chi connectivity index (χ3v) is 4.82. The molecule has 0 spiro atoms. The summed E-state index contributed by atoms with van der Waals surface area (Å²) in [6.45, 7) is 5.81. The first kappa shape index (κ1) is 22.3. The molecule has 1 heterocycles. The van der Waals surface area contributed by atoms with Crippen LogP contribution in [0, 0.1) is 0 Å². The summed E-state index contributed by atoms with van der Waals surface area (Å²) in [6, 6.07) is 19.2. The number of rotatable bonds is 7. The van der Waals surface area contributed by atoms with Crippen LogP contribution in [0.15, 0.2) is 59.6 Å². The van der Waals surface area contributed by atoms with Gasteiger partial charge in [0.25, 0.3) is 0 Å². The van der Waals surface area contributed by atoms with E-state index in [4.69, 9.17) is 9.73 Å². The fraction of sp³-hybridized carbons (Fsp3) is 0.409. The second-order valence-electron chi connectivity index (χ2n) is 6.77. The Morgan fingerprint density at radius 3 is 2.57 bits per heavy atom. The molecule has 0 bridgehead atoms. The summed E-state index contributed by atoms with van der Waals surface area (Å²) in [7, 11) is 1.69. The Morgan fingerprint density at radius 2 is 1.89 bits per heavy atom. The van der Waals surface area contributed by atoms with E-state index in [9.17, 15) is 0 Å². The van der Waals surface area contributed by atoms with E-state index in [-0.39, 0.29) is 24.0 Å². The number of guanidine groups is 1.